The first-order valence-corrected chi connectivity index (χ1v) is 3.34. The van der Waals surface area contributed by atoms with Gasteiger partial charge in [-0.2, -0.15) is 0 Å². The van der Waals surface area contributed by atoms with Crippen molar-refractivity contribution in [3.63, 3.8) is 0 Å². The maximum atomic E-state index is 5.35. The molecule has 0 spiro atoms. The lowest BCUT2D eigenvalue weighted by molar-refractivity contribution is 0.667. The van der Waals surface area contributed by atoms with Crippen LogP contribution < -0.4 is 11.5 Å². The van der Waals surface area contributed by atoms with E-state index in [0.717, 1.165) is 6.54 Å². The van der Waals surface area contributed by atoms with Gasteiger partial charge < -0.3 is 11.5 Å². The molecule has 0 amide bonds. The summed E-state index contributed by atoms with van der Waals surface area (Å²) in [5.74, 6) is 0.571. The molecule has 0 radical (unpaired) electrons. The Kier molecular flexibility index (Phi) is 4.37. The summed E-state index contributed by atoms with van der Waals surface area (Å²) in [5.41, 5.74) is 11.0. The second-order valence-corrected chi connectivity index (χ2v) is 2.55. The van der Waals surface area contributed by atoms with E-state index in [9.17, 15) is 0 Å². The lowest BCUT2D eigenvalue weighted by atomic mass is 10.2. The van der Waals surface area contributed by atoms with Gasteiger partial charge in [0.1, 0.15) is 0 Å². The third kappa shape index (κ3) is 5.15. The molecule has 0 saturated carbocycles. The van der Waals surface area contributed by atoms with Crippen molar-refractivity contribution in [2.45, 2.75) is 13.8 Å². The third-order valence-electron chi connectivity index (χ3n) is 0.903. The van der Waals surface area contributed by atoms with Crippen LogP contribution in [0.5, 0.6) is 0 Å². The van der Waals surface area contributed by atoms with Crippen LogP contribution in [0.4, 0.5) is 0 Å². The molecule has 58 valence electrons. The molecule has 3 nitrogen and oxygen atoms in total. The Hall–Kier alpha value is -0.990. The molecular formula is C7H15N3. The van der Waals surface area contributed by atoms with Crippen molar-refractivity contribution in [3.8, 4) is 0 Å². The van der Waals surface area contributed by atoms with Crippen molar-refractivity contribution in [2.75, 3.05) is 6.54 Å². The minimum Gasteiger partial charge on any atom is -0.403 e. The van der Waals surface area contributed by atoms with Crippen LogP contribution in [0.3, 0.4) is 0 Å². The number of allylic oxidation sites excluding steroid dienone is 1. The average Bonchev–Trinajstić information content (AvgIpc) is 1.87. The van der Waals surface area contributed by atoms with Gasteiger partial charge in [-0.05, 0) is 5.92 Å². The van der Waals surface area contributed by atoms with Gasteiger partial charge in [-0.25, -0.2) is 0 Å². The zero-order valence-electron chi connectivity index (χ0n) is 6.54. The fourth-order valence-corrected chi connectivity index (χ4v) is 0.412. The number of hydrogen-bond donors (Lipinski definition) is 2. The maximum absolute atomic E-state index is 5.35. The van der Waals surface area contributed by atoms with E-state index >= 15 is 0 Å². The molecule has 10 heavy (non-hydrogen) atoms. The van der Waals surface area contributed by atoms with Crippen molar-refractivity contribution in [1.82, 2.24) is 0 Å². The predicted octanol–water partition coefficient (Wildman–Crippen LogP) is 0.472. The Bertz CT molecular complexity index is 136. The van der Waals surface area contributed by atoms with Gasteiger partial charge in [-0.1, -0.05) is 13.8 Å². The fourth-order valence-electron chi connectivity index (χ4n) is 0.412. The van der Waals surface area contributed by atoms with Crippen molar-refractivity contribution < 1.29 is 0 Å². The van der Waals surface area contributed by atoms with Gasteiger partial charge in [0.05, 0.1) is 5.70 Å². The summed E-state index contributed by atoms with van der Waals surface area (Å²) in [5, 5.41) is 0. The molecule has 0 aliphatic carbocycles. The number of nitrogens with two attached hydrogens (primary N) is 2. The molecule has 0 fully saturated rings. The topological polar surface area (TPSA) is 64.4 Å². The van der Waals surface area contributed by atoms with E-state index in [0.29, 0.717) is 11.6 Å². The zero-order valence-corrected chi connectivity index (χ0v) is 6.54. The van der Waals surface area contributed by atoms with Crippen LogP contribution in [0.2, 0.25) is 0 Å². The number of rotatable bonds is 3. The van der Waals surface area contributed by atoms with Crippen LogP contribution in [0.15, 0.2) is 16.9 Å². The van der Waals surface area contributed by atoms with Crippen molar-refractivity contribution >= 4 is 6.21 Å². The maximum Gasteiger partial charge on any atom is 0.0652 e. The van der Waals surface area contributed by atoms with Gasteiger partial charge in [0.25, 0.3) is 0 Å². The summed E-state index contributed by atoms with van der Waals surface area (Å²) in [6.45, 7) is 4.99. The molecule has 0 rings (SSSR count). The van der Waals surface area contributed by atoms with Crippen LogP contribution >= 0.6 is 0 Å². The fraction of sp³-hybridized carbons (Fsp3) is 0.571. The second kappa shape index (κ2) is 4.85. The highest BCUT2D eigenvalue weighted by molar-refractivity contribution is 5.76. The minimum absolute atomic E-state index is 0.514. The summed E-state index contributed by atoms with van der Waals surface area (Å²) in [6, 6.07) is 0. The molecule has 0 aromatic heterocycles. The Morgan fingerprint density at radius 1 is 1.60 bits per heavy atom. The van der Waals surface area contributed by atoms with Crippen LogP contribution in [-0.4, -0.2) is 12.8 Å². The smallest absolute Gasteiger partial charge is 0.0652 e. The molecule has 0 unspecified atom stereocenters. The Labute approximate surface area is 61.8 Å². The highest BCUT2D eigenvalue weighted by Gasteiger charge is 1.87. The molecule has 0 heterocycles. The number of aliphatic imine (C=N–C) groups is 1. The monoisotopic (exact) mass is 141 g/mol. The molecule has 4 N–H and O–H groups in total. The Balaban J connectivity index is 3.56. The molecule has 3 heteroatoms. The van der Waals surface area contributed by atoms with Crippen molar-refractivity contribution in [1.29, 1.82) is 0 Å². The van der Waals surface area contributed by atoms with Gasteiger partial charge in [-0.3, -0.25) is 4.99 Å². The van der Waals surface area contributed by atoms with Gasteiger partial charge in [0.2, 0.25) is 0 Å². The van der Waals surface area contributed by atoms with Gasteiger partial charge in [-0.15, -0.1) is 0 Å². The first kappa shape index (κ1) is 9.01. The van der Waals surface area contributed by atoms with Gasteiger partial charge >= 0.3 is 0 Å². The van der Waals surface area contributed by atoms with Crippen molar-refractivity contribution in [2.24, 2.45) is 22.4 Å². The molecule has 0 aliphatic rings. The predicted molar refractivity (Wildman–Crippen MR) is 44.7 cm³/mol. The molecular weight excluding hydrogens is 126 g/mol. The summed E-state index contributed by atoms with van der Waals surface area (Å²) in [6.07, 6.45) is 2.92. The molecule has 0 aromatic rings. The Morgan fingerprint density at radius 3 is 2.60 bits per heavy atom. The second-order valence-electron chi connectivity index (χ2n) is 2.55. The highest BCUT2D eigenvalue weighted by Crippen LogP contribution is 1.90. The van der Waals surface area contributed by atoms with Crippen LogP contribution in [0.1, 0.15) is 13.8 Å². The molecule has 0 bridgehead atoms. The number of hydrogen-bond acceptors (Lipinski definition) is 3. The molecule has 0 saturated heterocycles. The molecule has 0 atom stereocenters. The van der Waals surface area contributed by atoms with E-state index in [1.54, 1.807) is 6.21 Å². The first-order valence-electron chi connectivity index (χ1n) is 3.34. The lowest BCUT2D eigenvalue weighted by Crippen LogP contribution is -2.03. The number of nitrogens with zero attached hydrogens (tertiary/aromatic N) is 1. The quantitative estimate of drug-likeness (QED) is 0.561. The molecule has 0 aromatic carbocycles. The summed E-state index contributed by atoms with van der Waals surface area (Å²) < 4.78 is 0. The lowest BCUT2D eigenvalue weighted by Gasteiger charge is -1.96. The van der Waals surface area contributed by atoms with E-state index in [4.69, 9.17) is 11.5 Å². The summed E-state index contributed by atoms with van der Waals surface area (Å²) in [4.78, 5) is 4.04. The van der Waals surface area contributed by atoms with E-state index in [-0.39, 0.29) is 0 Å². The van der Waals surface area contributed by atoms with Crippen LogP contribution in [0.25, 0.3) is 0 Å². The van der Waals surface area contributed by atoms with E-state index in [1.165, 1.54) is 6.20 Å². The first-order chi connectivity index (χ1) is 4.66. The van der Waals surface area contributed by atoms with Crippen LogP contribution in [-0.2, 0) is 0 Å². The van der Waals surface area contributed by atoms with E-state index in [2.05, 4.69) is 18.8 Å². The minimum atomic E-state index is 0.514. The Morgan fingerprint density at radius 2 is 2.20 bits per heavy atom. The average molecular weight is 141 g/mol. The van der Waals surface area contributed by atoms with E-state index in [1.807, 2.05) is 0 Å². The van der Waals surface area contributed by atoms with Crippen LogP contribution in [0, 0.1) is 5.92 Å². The standard InChI is InChI=1S/C7H15N3/c1-6(2)4-10-5-7(9)3-8/h3,5-6H,4,8-9H2,1-2H3/b7-3+,10-5?. The normalized spacial score (nSPS) is 13.3. The summed E-state index contributed by atoms with van der Waals surface area (Å²) in [7, 11) is 0. The van der Waals surface area contributed by atoms with Crippen molar-refractivity contribution in [3.05, 3.63) is 11.9 Å². The molecule has 0 aliphatic heterocycles. The highest BCUT2D eigenvalue weighted by atomic mass is 14.7. The summed E-state index contributed by atoms with van der Waals surface area (Å²) >= 11 is 0. The van der Waals surface area contributed by atoms with Gasteiger partial charge in [0, 0.05) is 19.0 Å². The third-order valence-corrected chi connectivity index (χ3v) is 0.903. The van der Waals surface area contributed by atoms with E-state index < -0.39 is 0 Å². The zero-order chi connectivity index (χ0) is 7.98. The SMILES string of the molecule is CC(C)CN=C/C(N)=C\N. The largest absolute Gasteiger partial charge is 0.403 e. The van der Waals surface area contributed by atoms with Gasteiger partial charge in [0.15, 0.2) is 0 Å².